The lowest BCUT2D eigenvalue weighted by atomic mass is 9.91. The Bertz CT molecular complexity index is 123. The van der Waals surface area contributed by atoms with Crippen molar-refractivity contribution in [1.29, 1.82) is 0 Å². The van der Waals surface area contributed by atoms with Crippen LogP contribution in [0, 0.1) is 0 Å². The van der Waals surface area contributed by atoms with Crippen molar-refractivity contribution >= 4 is 0 Å². The van der Waals surface area contributed by atoms with E-state index in [-0.39, 0.29) is 6.10 Å². The van der Waals surface area contributed by atoms with E-state index in [2.05, 4.69) is 18.7 Å². The van der Waals surface area contributed by atoms with Crippen LogP contribution < -0.4 is 0 Å². The fraction of sp³-hybridized carbons (Fsp3) is 1.00. The van der Waals surface area contributed by atoms with Gasteiger partial charge in [0.15, 0.2) is 0 Å². The van der Waals surface area contributed by atoms with Crippen molar-refractivity contribution in [2.75, 3.05) is 13.1 Å². The van der Waals surface area contributed by atoms with Gasteiger partial charge in [0.2, 0.25) is 0 Å². The number of rotatable bonds is 3. The minimum Gasteiger partial charge on any atom is -0.391 e. The zero-order valence-corrected chi connectivity index (χ0v) is 8.29. The minimum atomic E-state index is -0.0707. The molecule has 0 radical (unpaired) electrons. The zero-order valence-electron chi connectivity index (χ0n) is 8.29. The van der Waals surface area contributed by atoms with Crippen LogP contribution in [0.2, 0.25) is 0 Å². The molecule has 1 fully saturated rings. The van der Waals surface area contributed by atoms with Crippen LogP contribution in [-0.2, 0) is 0 Å². The number of aliphatic hydroxyl groups is 1. The molecule has 0 bridgehead atoms. The lowest BCUT2D eigenvalue weighted by Crippen LogP contribution is -2.45. The largest absolute Gasteiger partial charge is 0.391 e. The van der Waals surface area contributed by atoms with Gasteiger partial charge in [0.1, 0.15) is 0 Å². The van der Waals surface area contributed by atoms with Crippen LogP contribution in [0.5, 0.6) is 0 Å². The van der Waals surface area contributed by atoms with Gasteiger partial charge in [-0.15, -0.1) is 0 Å². The van der Waals surface area contributed by atoms with Crippen molar-refractivity contribution in [1.82, 2.24) is 4.90 Å². The van der Waals surface area contributed by atoms with Gasteiger partial charge >= 0.3 is 0 Å². The molecule has 1 saturated carbocycles. The van der Waals surface area contributed by atoms with E-state index in [4.69, 9.17) is 0 Å². The molecule has 0 aromatic carbocycles. The molecular weight excluding hydrogens is 150 g/mol. The van der Waals surface area contributed by atoms with Crippen molar-refractivity contribution in [3.63, 3.8) is 0 Å². The lowest BCUT2D eigenvalue weighted by molar-refractivity contribution is 0.0247. The maximum atomic E-state index is 9.76. The van der Waals surface area contributed by atoms with Crippen LogP contribution in [0.3, 0.4) is 0 Å². The first-order valence-corrected chi connectivity index (χ1v) is 5.21. The van der Waals surface area contributed by atoms with Gasteiger partial charge < -0.3 is 5.11 Å². The highest BCUT2D eigenvalue weighted by atomic mass is 16.3. The van der Waals surface area contributed by atoms with Crippen molar-refractivity contribution in [2.45, 2.75) is 51.7 Å². The highest BCUT2D eigenvalue weighted by Crippen LogP contribution is 2.22. The van der Waals surface area contributed by atoms with E-state index in [1.54, 1.807) is 0 Å². The van der Waals surface area contributed by atoms with Crippen LogP contribution in [0.25, 0.3) is 0 Å². The SMILES string of the molecule is CCN(CC)[C@H]1CCCCC1O. The number of hydrogen-bond donors (Lipinski definition) is 1. The summed E-state index contributed by atoms with van der Waals surface area (Å²) in [5.74, 6) is 0. The predicted octanol–water partition coefficient (Wildman–Crippen LogP) is 1.63. The van der Waals surface area contributed by atoms with Gasteiger partial charge in [-0.1, -0.05) is 26.7 Å². The average Bonchev–Trinajstić information content (AvgIpc) is 2.10. The van der Waals surface area contributed by atoms with Crippen LogP contribution >= 0.6 is 0 Å². The molecule has 0 heterocycles. The fourth-order valence-electron chi connectivity index (χ4n) is 2.21. The summed E-state index contributed by atoms with van der Waals surface area (Å²) in [6.45, 7) is 6.48. The van der Waals surface area contributed by atoms with Crippen molar-refractivity contribution in [3.8, 4) is 0 Å². The van der Waals surface area contributed by atoms with E-state index in [1.165, 1.54) is 19.3 Å². The second-order valence-corrected chi connectivity index (χ2v) is 3.64. The van der Waals surface area contributed by atoms with Crippen LogP contribution in [0.4, 0.5) is 0 Å². The van der Waals surface area contributed by atoms with Gasteiger partial charge in [0.05, 0.1) is 6.10 Å². The van der Waals surface area contributed by atoms with E-state index < -0.39 is 0 Å². The zero-order chi connectivity index (χ0) is 8.97. The highest BCUT2D eigenvalue weighted by Gasteiger charge is 2.26. The minimum absolute atomic E-state index is 0.0707. The van der Waals surface area contributed by atoms with Gasteiger partial charge in [-0.3, -0.25) is 4.90 Å². The van der Waals surface area contributed by atoms with E-state index in [0.717, 1.165) is 19.5 Å². The normalized spacial score (nSPS) is 31.0. The Morgan fingerprint density at radius 2 is 1.75 bits per heavy atom. The maximum Gasteiger partial charge on any atom is 0.0695 e. The summed E-state index contributed by atoms with van der Waals surface area (Å²) in [4.78, 5) is 2.38. The molecule has 2 atom stereocenters. The third kappa shape index (κ3) is 2.20. The Balaban J connectivity index is 2.45. The van der Waals surface area contributed by atoms with Crippen molar-refractivity contribution in [2.24, 2.45) is 0 Å². The molecule has 12 heavy (non-hydrogen) atoms. The van der Waals surface area contributed by atoms with Crippen LogP contribution in [0.1, 0.15) is 39.5 Å². The molecule has 0 aliphatic heterocycles. The van der Waals surface area contributed by atoms with Crippen molar-refractivity contribution < 1.29 is 5.11 Å². The topological polar surface area (TPSA) is 23.5 Å². The summed E-state index contributed by atoms with van der Waals surface area (Å²) >= 11 is 0. The van der Waals surface area contributed by atoms with Crippen molar-refractivity contribution in [3.05, 3.63) is 0 Å². The van der Waals surface area contributed by atoms with Crippen LogP contribution in [0.15, 0.2) is 0 Å². The summed E-state index contributed by atoms with van der Waals surface area (Å²) in [6.07, 6.45) is 4.61. The number of hydrogen-bond acceptors (Lipinski definition) is 2. The van der Waals surface area contributed by atoms with E-state index in [0.29, 0.717) is 6.04 Å². The van der Waals surface area contributed by atoms with Gasteiger partial charge in [-0.2, -0.15) is 0 Å². The molecular formula is C10H21NO. The second kappa shape index (κ2) is 4.83. The summed E-state index contributed by atoms with van der Waals surface area (Å²) in [7, 11) is 0. The molecule has 0 amide bonds. The molecule has 1 rings (SSSR count). The van der Waals surface area contributed by atoms with Crippen LogP contribution in [-0.4, -0.2) is 35.2 Å². The first-order chi connectivity index (χ1) is 5.79. The Morgan fingerprint density at radius 3 is 2.25 bits per heavy atom. The van der Waals surface area contributed by atoms with Gasteiger partial charge in [0.25, 0.3) is 0 Å². The first kappa shape index (κ1) is 10.0. The molecule has 1 unspecified atom stereocenters. The summed E-state index contributed by atoms with van der Waals surface area (Å²) in [5, 5.41) is 9.76. The number of likely N-dealkylation sites (N-methyl/N-ethyl adjacent to an activating group) is 1. The molecule has 1 N–H and O–H groups in total. The maximum absolute atomic E-state index is 9.76. The summed E-state index contributed by atoms with van der Waals surface area (Å²) < 4.78 is 0. The van der Waals surface area contributed by atoms with Gasteiger partial charge in [-0.05, 0) is 25.9 Å². The third-order valence-electron chi connectivity index (χ3n) is 2.98. The van der Waals surface area contributed by atoms with E-state index in [9.17, 15) is 5.11 Å². The summed E-state index contributed by atoms with van der Waals surface area (Å²) in [5.41, 5.74) is 0. The van der Waals surface area contributed by atoms with Gasteiger partial charge in [0, 0.05) is 6.04 Å². The molecule has 0 aromatic rings. The van der Waals surface area contributed by atoms with E-state index >= 15 is 0 Å². The molecule has 72 valence electrons. The standard InChI is InChI=1S/C10H21NO/c1-3-11(4-2)9-7-5-6-8-10(9)12/h9-10,12H,3-8H2,1-2H3/t9-,10?/m0/s1. The fourth-order valence-corrected chi connectivity index (χ4v) is 2.21. The number of nitrogens with zero attached hydrogens (tertiary/aromatic N) is 1. The highest BCUT2D eigenvalue weighted by molar-refractivity contribution is 4.81. The number of aliphatic hydroxyl groups excluding tert-OH is 1. The quantitative estimate of drug-likeness (QED) is 0.697. The molecule has 1 aliphatic rings. The van der Waals surface area contributed by atoms with Gasteiger partial charge in [-0.25, -0.2) is 0 Å². The monoisotopic (exact) mass is 171 g/mol. The Labute approximate surface area is 75.6 Å². The molecule has 0 saturated heterocycles. The second-order valence-electron chi connectivity index (χ2n) is 3.64. The van der Waals surface area contributed by atoms with E-state index in [1.807, 2.05) is 0 Å². The lowest BCUT2D eigenvalue weighted by Gasteiger charge is -2.36. The first-order valence-electron chi connectivity index (χ1n) is 5.21. The Morgan fingerprint density at radius 1 is 1.17 bits per heavy atom. The average molecular weight is 171 g/mol. The molecule has 0 aromatic heterocycles. The smallest absolute Gasteiger partial charge is 0.0695 e. The molecule has 1 aliphatic carbocycles. The Kier molecular flexibility index (Phi) is 4.02. The summed E-state index contributed by atoms with van der Waals surface area (Å²) in [6, 6.07) is 0.439. The Hall–Kier alpha value is -0.0800. The predicted molar refractivity (Wildman–Crippen MR) is 51.2 cm³/mol. The third-order valence-corrected chi connectivity index (χ3v) is 2.98. The molecule has 2 nitrogen and oxygen atoms in total. The molecule has 0 spiro atoms. The molecule has 2 heteroatoms.